The van der Waals surface area contributed by atoms with Crippen LogP contribution in [0.25, 0.3) is 32.0 Å². The number of aryl methyl sites for hydroxylation is 3. The van der Waals surface area contributed by atoms with E-state index in [-0.39, 0.29) is 0 Å². The van der Waals surface area contributed by atoms with Crippen molar-refractivity contribution >= 4 is 32.5 Å². The van der Waals surface area contributed by atoms with Gasteiger partial charge in [-0.25, -0.2) is 4.98 Å². The maximum absolute atomic E-state index is 5.99. The lowest BCUT2D eigenvalue weighted by atomic mass is 10.1. The average Bonchev–Trinajstić information content (AvgIpc) is 3.08. The molecule has 2 heterocycles. The topological polar surface area (TPSA) is 26.0 Å². The van der Waals surface area contributed by atoms with E-state index in [1.54, 1.807) is 11.3 Å². The summed E-state index contributed by atoms with van der Waals surface area (Å²) in [6.07, 6.45) is 0. The Balaban J connectivity index is 1.98. The third kappa shape index (κ3) is 1.88. The van der Waals surface area contributed by atoms with Gasteiger partial charge in [0.15, 0.2) is 10.8 Å². The first kappa shape index (κ1) is 12.6. The second-order valence-electron chi connectivity index (χ2n) is 5.49. The largest absolute Gasteiger partial charge is 0.454 e. The molecule has 0 atom stereocenters. The molecule has 0 radical (unpaired) electrons. The fourth-order valence-corrected chi connectivity index (χ4v) is 3.74. The minimum absolute atomic E-state index is 0.860. The first-order chi connectivity index (χ1) is 10.1. The summed E-state index contributed by atoms with van der Waals surface area (Å²) < 4.78 is 7.24. The fraction of sp³-hybridized carbons (Fsp3) is 0.167. The first-order valence-electron chi connectivity index (χ1n) is 7.00. The Morgan fingerprint density at radius 3 is 2.52 bits per heavy atom. The van der Waals surface area contributed by atoms with Crippen molar-refractivity contribution in [1.82, 2.24) is 4.98 Å². The fourth-order valence-electron chi connectivity index (χ4n) is 2.68. The zero-order chi connectivity index (χ0) is 14.6. The van der Waals surface area contributed by atoms with Gasteiger partial charge in [-0.15, -0.1) is 11.3 Å². The normalized spacial score (nSPS) is 11.6. The highest BCUT2D eigenvalue weighted by molar-refractivity contribution is 7.21. The molecule has 0 amide bonds. The van der Waals surface area contributed by atoms with Crippen LogP contribution in [0.3, 0.4) is 0 Å². The van der Waals surface area contributed by atoms with Gasteiger partial charge < -0.3 is 4.42 Å². The van der Waals surface area contributed by atoms with Crippen LogP contribution in [0.4, 0.5) is 0 Å². The molecule has 0 N–H and O–H groups in total. The highest BCUT2D eigenvalue weighted by atomic mass is 32.1. The Bertz CT molecular complexity index is 939. The van der Waals surface area contributed by atoms with Crippen molar-refractivity contribution in [1.29, 1.82) is 0 Å². The summed E-state index contributed by atoms with van der Waals surface area (Å²) in [6, 6.07) is 12.5. The van der Waals surface area contributed by atoms with Gasteiger partial charge in [0.1, 0.15) is 5.58 Å². The molecule has 104 valence electrons. The summed E-state index contributed by atoms with van der Waals surface area (Å²) in [6.45, 7) is 6.34. The van der Waals surface area contributed by atoms with Crippen LogP contribution in [0.15, 0.2) is 40.8 Å². The summed E-state index contributed by atoms with van der Waals surface area (Å²) in [7, 11) is 0. The van der Waals surface area contributed by atoms with Gasteiger partial charge in [0.25, 0.3) is 0 Å². The molecule has 2 nitrogen and oxygen atoms in total. The van der Waals surface area contributed by atoms with E-state index in [0.29, 0.717) is 0 Å². The van der Waals surface area contributed by atoms with Crippen molar-refractivity contribution in [2.75, 3.05) is 0 Å². The van der Waals surface area contributed by atoms with Crippen molar-refractivity contribution in [3.05, 3.63) is 53.1 Å². The minimum Gasteiger partial charge on any atom is -0.454 e. The van der Waals surface area contributed by atoms with Crippen LogP contribution < -0.4 is 0 Å². The molecule has 0 aliphatic carbocycles. The number of hydrogen-bond acceptors (Lipinski definition) is 3. The number of benzene rings is 2. The summed E-state index contributed by atoms with van der Waals surface area (Å²) in [5, 5.41) is 2.12. The molecule has 0 bridgehead atoms. The second kappa shape index (κ2) is 4.43. The Morgan fingerprint density at radius 2 is 1.76 bits per heavy atom. The zero-order valence-corrected chi connectivity index (χ0v) is 13.0. The Morgan fingerprint density at radius 1 is 0.952 bits per heavy atom. The Labute approximate surface area is 127 Å². The van der Waals surface area contributed by atoms with Crippen molar-refractivity contribution in [2.24, 2.45) is 0 Å². The van der Waals surface area contributed by atoms with Crippen LogP contribution in [0.1, 0.15) is 16.7 Å². The van der Waals surface area contributed by atoms with Crippen LogP contribution in [-0.4, -0.2) is 4.98 Å². The van der Waals surface area contributed by atoms with E-state index in [2.05, 4.69) is 45.0 Å². The van der Waals surface area contributed by atoms with Crippen LogP contribution >= 0.6 is 11.3 Å². The van der Waals surface area contributed by atoms with Gasteiger partial charge in [-0.3, -0.25) is 0 Å². The molecule has 4 rings (SSSR count). The molecule has 0 saturated carbocycles. The van der Waals surface area contributed by atoms with E-state index < -0.39 is 0 Å². The summed E-state index contributed by atoms with van der Waals surface area (Å²) in [5.41, 5.74) is 5.73. The van der Waals surface area contributed by atoms with Crippen molar-refractivity contribution in [3.63, 3.8) is 0 Å². The van der Waals surface area contributed by atoms with Gasteiger partial charge in [0.2, 0.25) is 0 Å². The molecule has 0 unspecified atom stereocenters. The van der Waals surface area contributed by atoms with E-state index in [4.69, 9.17) is 9.40 Å². The highest BCUT2D eigenvalue weighted by Crippen LogP contribution is 2.36. The molecular formula is C18H15NOS. The lowest BCUT2D eigenvalue weighted by Gasteiger charge is -1.96. The van der Waals surface area contributed by atoms with E-state index in [1.807, 2.05) is 12.1 Å². The summed E-state index contributed by atoms with van der Waals surface area (Å²) in [5.74, 6) is 0.860. The molecule has 0 fully saturated rings. The van der Waals surface area contributed by atoms with E-state index in [0.717, 1.165) is 21.9 Å². The number of aromatic nitrogens is 1. The molecule has 3 heteroatoms. The third-order valence-electron chi connectivity index (χ3n) is 3.93. The monoisotopic (exact) mass is 293 g/mol. The van der Waals surface area contributed by atoms with Gasteiger partial charge in [-0.05, 0) is 49.6 Å². The molecule has 2 aromatic heterocycles. The predicted octanol–water partition coefficient (Wildman–Crippen LogP) is 5.63. The van der Waals surface area contributed by atoms with Gasteiger partial charge in [-0.2, -0.15) is 0 Å². The van der Waals surface area contributed by atoms with Gasteiger partial charge in [0.05, 0.1) is 10.2 Å². The second-order valence-corrected chi connectivity index (χ2v) is 6.49. The average molecular weight is 293 g/mol. The van der Waals surface area contributed by atoms with E-state index in [9.17, 15) is 0 Å². The number of rotatable bonds is 1. The van der Waals surface area contributed by atoms with E-state index >= 15 is 0 Å². The number of furan rings is 1. The molecule has 0 aliphatic rings. The smallest absolute Gasteiger partial charge is 0.164 e. The zero-order valence-electron chi connectivity index (χ0n) is 12.2. The van der Waals surface area contributed by atoms with Crippen molar-refractivity contribution in [3.8, 4) is 10.8 Å². The van der Waals surface area contributed by atoms with E-state index in [1.165, 1.54) is 26.8 Å². The standard InChI is InChI=1S/C18H15NOS/c1-10-5-4-6-14-13(10)9-15(20-14)18-19-16-11(2)7-8-12(3)17(16)21-18/h4-9H,1-3H3. The van der Waals surface area contributed by atoms with Crippen molar-refractivity contribution in [2.45, 2.75) is 20.8 Å². The maximum atomic E-state index is 5.99. The summed E-state index contributed by atoms with van der Waals surface area (Å²) >= 11 is 1.71. The number of fused-ring (bicyclic) bond motifs is 2. The molecule has 21 heavy (non-hydrogen) atoms. The molecule has 0 spiro atoms. The maximum Gasteiger partial charge on any atom is 0.164 e. The van der Waals surface area contributed by atoms with Gasteiger partial charge >= 0.3 is 0 Å². The molecule has 4 aromatic rings. The lowest BCUT2D eigenvalue weighted by Crippen LogP contribution is -1.79. The van der Waals surface area contributed by atoms with Crippen LogP contribution in [0.5, 0.6) is 0 Å². The first-order valence-corrected chi connectivity index (χ1v) is 7.81. The Hall–Kier alpha value is -2.13. The number of thiazole rings is 1. The van der Waals surface area contributed by atoms with Crippen LogP contribution in [0, 0.1) is 20.8 Å². The van der Waals surface area contributed by atoms with Gasteiger partial charge in [-0.1, -0.05) is 24.3 Å². The third-order valence-corrected chi connectivity index (χ3v) is 5.14. The quantitative estimate of drug-likeness (QED) is 0.454. The van der Waals surface area contributed by atoms with Crippen LogP contribution in [-0.2, 0) is 0 Å². The molecule has 0 aliphatic heterocycles. The Kier molecular flexibility index (Phi) is 2.66. The SMILES string of the molecule is Cc1cccc2oc(-c3nc4c(C)ccc(C)c4s3)cc12. The van der Waals surface area contributed by atoms with Crippen molar-refractivity contribution < 1.29 is 4.42 Å². The molecular weight excluding hydrogens is 278 g/mol. The molecule has 0 saturated heterocycles. The minimum atomic E-state index is 0.860. The highest BCUT2D eigenvalue weighted by Gasteiger charge is 2.14. The summed E-state index contributed by atoms with van der Waals surface area (Å²) in [4.78, 5) is 4.79. The lowest BCUT2D eigenvalue weighted by molar-refractivity contribution is 0.631. The molecule has 2 aromatic carbocycles. The number of hydrogen-bond donors (Lipinski definition) is 0. The van der Waals surface area contributed by atoms with Crippen LogP contribution in [0.2, 0.25) is 0 Å². The number of nitrogens with zero attached hydrogens (tertiary/aromatic N) is 1. The van der Waals surface area contributed by atoms with Gasteiger partial charge in [0, 0.05) is 5.39 Å². The predicted molar refractivity (Wildman–Crippen MR) is 89.0 cm³/mol.